The van der Waals surface area contributed by atoms with Gasteiger partial charge >= 0.3 is 0 Å². The number of para-hydroxylation sites is 1. The first kappa shape index (κ1) is 23.3. The molecule has 33 heavy (non-hydrogen) atoms. The first-order valence-corrected chi connectivity index (χ1v) is 12.7. The summed E-state index contributed by atoms with van der Waals surface area (Å²) in [7, 11) is -3.58. The smallest absolute Gasteiger partial charge is 0.257 e. The van der Waals surface area contributed by atoms with Gasteiger partial charge in [-0.3, -0.25) is 9.59 Å². The summed E-state index contributed by atoms with van der Waals surface area (Å²) in [5.41, 5.74) is 0.665. The van der Waals surface area contributed by atoms with Gasteiger partial charge in [-0.15, -0.1) is 0 Å². The second-order valence-electron chi connectivity index (χ2n) is 8.59. The highest BCUT2D eigenvalue weighted by atomic mass is 32.2. The van der Waals surface area contributed by atoms with Crippen LogP contribution in [0.2, 0.25) is 0 Å². The first-order chi connectivity index (χ1) is 15.8. The normalized spacial score (nSPS) is 20.0. The van der Waals surface area contributed by atoms with Gasteiger partial charge in [0.05, 0.1) is 10.5 Å². The van der Waals surface area contributed by atoms with E-state index in [4.69, 9.17) is 0 Å². The average Bonchev–Trinajstić information content (AvgIpc) is 2.84. The molecule has 1 atom stereocenters. The predicted octanol–water partition coefficient (Wildman–Crippen LogP) is 2.55. The van der Waals surface area contributed by atoms with Gasteiger partial charge in [0.15, 0.2) is 0 Å². The van der Waals surface area contributed by atoms with Crippen molar-refractivity contribution >= 4 is 21.8 Å². The lowest BCUT2D eigenvalue weighted by atomic mass is 10.1. The standard InChI is InChI=1S/C24H29N3O5S/c1-18-6-4-5-13-27(18)33(31,32)20-11-9-19(10-12-20)23(29)25-14-16-26(17-15-25)24(30)21-7-2-3-8-22(21)28/h2-3,7-12,18,28H,4-6,13-17H2,1H3. The van der Waals surface area contributed by atoms with Crippen molar-refractivity contribution < 1.29 is 23.1 Å². The van der Waals surface area contributed by atoms with Gasteiger partial charge in [0.2, 0.25) is 10.0 Å². The molecular formula is C24H29N3O5S. The number of nitrogens with zero attached hydrogens (tertiary/aromatic N) is 3. The maximum atomic E-state index is 13.0. The minimum absolute atomic E-state index is 0.0261. The van der Waals surface area contributed by atoms with Crippen molar-refractivity contribution in [1.82, 2.24) is 14.1 Å². The van der Waals surface area contributed by atoms with Crippen LogP contribution in [-0.2, 0) is 10.0 Å². The summed E-state index contributed by atoms with van der Waals surface area (Å²) < 4.78 is 27.5. The number of hydrogen-bond donors (Lipinski definition) is 1. The molecule has 0 bridgehead atoms. The zero-order chi connectivity index (χ0) is 23.6. The van der Waals surface area contributed by atoms with Crippen molar-refractivity contribution in [2.75, 3.05) is 32.7 Å². The highest BCUT2D eigenvalue weighted by Crippen LogP contribution is 2.25. The van der Waals surface area contributed by atoms with Crippen LogP contribution in [0.25, 0.3) is 0 Å². The largest absolute Gasteiger partial charge is 0.507 e. The number of piperazine rings is 1. The number of rotatable bonds is 4. The first-order valence-electron chi connectivity index (χ1n) is 11.3. The number of sulfonamides is 1. The van der Waals surface area contributed by atoms with E-state index in [0.717, 1.165) is 19.3 Å². The van der Waals surface area contributed by atoms with Crippen molar-refractivity contribution in [3.05, 3.63) is 59.7 Å². The molecule has 8 nitrogen and oxygen atoms in total. The van der Waals surface area contributed by atoms with Crippen LogP contribution in [-0.4, -0.2) is 78.2 Å². The highest BCUT2D eigenvalue weighted by molar-refractivity contribution is 7.89. The summed E-state index contributed by atoms with van der Waals surface area (Å²) in [5.74, 6) is -0.517. The van der Waals surface area contributed by atoms with Crippen molar-refractivity contribution in [3.8, 4) is 5.75 Å². The van der Waals surface area contributed by atoms with Crippen LogP contribution in [0.4, 0.5) is 0 Å². The number of phenolic OH excluding ortho intramolecular Hbond substituents is 1. The Morgan fingerprint density at radius 1 is 0.848 bits per heavy atom. The van der Waals surface area contributed by atoms with Crippen LogP contribution in [0.15, 0.2) is 53.4 Å². The van der Waals surface area contributed by atoms with Gasteiger partial charge < -0.3 is 14.9 Å². The van der Waals surface area contributed by atoms with E-state index in [1.54, 1.807) is 44.4 Å². The quantitative estimate of drug-likeness (QED) is 0.739. The summed E-state index contributed by atoms with van der Waals surface area (Å²) in [6, 6.07) is 12.5. The average molecular weight is 472 g/mol. The van der Waals surface area contributed by atoms with E-state index in [-0.39, 0.29) is 34.1 Å². The second kappa shape index (κ2) is 9.52. The number of benzene rings is 2. The number of hydrogen-bond acceptors (Lipinski definition) is 5. The van der Waals surface area contributed by atoms with E-state index < -0.39 is 10.0 Å². The van der Waals surface area contributed by atoms with Crippen LogP contribution in [0.5, 0.6) is 5.75 Å². The number of carbonyl (C=O) groups is 2. The number of amides is 2. The van der Waals surface area contributed by atoms with E-state index in [0.29, 0.717) is 38.3 Å². The van der Waals surface area contributed by atoms with Crippen molar-refractivity contribution in [2.24, 2.45) is 0 Å². The number of aromatic hydroxyl groups is 1. The Morgan fingerprint density at radius 3 is 2.06 bits per heavy atom. The van der Waals surface area contributed by atoms with Gasteiger partial charge in [-0.05, 0) is 56.2 Å². The Hall–Kier alpha value is -2.91. The molecule has 2 aliphatic heterocycles. The molecule has 0 radical (unpaired) electrons. The van der Waals surface area contributed by atoms with E-state index in [1.807, 2.05) is 6.92 Å². The SMILES string of the molecule is CC1CCCCN1S(=O)(=O)c1ccc(C(=O)N2CCN(C(=O)c3ccccc3O)CC2)cc1. The minimum atomic E-state index is -3.58. The van der Waals surface area contributed by atoms with Crippen LogP contribution >= 0.6 is 0 Å². The Kier molecular flexibility index (Phi) is 6.71. The van der Waals surface area contributed by atoms with Gasteiger partial charge in [0.25, 0.3) is 11.8 Å². The molecule has 1 N–H and O–H groups in total. The molecule has 2 saturated heterocycles. The molecular weight excluding hydrogens is 442 g/mol. The van der Waals surface area contributed by atoms with Gasteiger partial charge in [-0.25, -0.2) is 8.42 Å². The minimum Gasteiger partial charge on any atom is -0.507 e. The predicted molar refractivity (Wildman–Crippen MR) is 124 cm³/mol. The monoisotopic (exact) mass is 471 g/mol. The Labute approximate surface area is 194 Å². The molecule has 2 aliphatic rings. The van der Waals surface area contributed by atoms with Gasteiger partial charge in [-0.1, -0.05) is 18.6 Å². The fourth-order valence-corrected chi connectivity index (χ4v) is 6.15. The molecule has 2 aromatic rings. The lowest BCUT2D eigenvalue weighted by Gasteiger charge is -2.35. The third kappa shape index (κ3) is 4.74. The summed E-state index contributed by atoms with van der Waals surface area (Å²) in [6.07, 6.45) is 2.75. The number of phenols is 1. The third-order valence-corrected chi connectivity index (χ3v) is 8.47. The molecule has 2 heterocycles. The number of carbonyl (C=O) groups excluding carboxylic acids is 2. The van der Waals surface area contributed by atoms with E-state index in [9.17, 15) is 23.1 Å². The van der Waals surface area contributed by atoms with Crippen molar-refractivity contribution in [1.29, 1.82) is 0 Å². The summed E-state index contributed by atoms with van der Waals surface area (Å²) in [4.78, 5) is 29.1. The molecule has 0 saturated carbocycles. The zero-order valence-electron chi connectivity index (χ0n) is 18.7. The molecule has 0 aliphatic carbocycles. The van der Waals surface area contributed by atoms with E-state index in [1.165, 1.54) is 18.2 Å². The van der Waals surface area contributed by atoms with E-state index in [2.05, 4.69) is 0 Å². The van der Waals surface area contributed by atoms with Crippen LogP contribution in [0.1, 0.15) is 46.9 Å². The molecule has 2 fully saturated rings. The van der Waals surface area contributed by atoms with Crippen LogP contribution < -0.4 is 0 Å². The van der Waals surface area contributed by atoms with Crippen LogP contribution in [0.3, 0.4) is 0 Å². The molecule has 4 rings (SSSR count). The van der Waals surface area contributed by atoms with Gasteiger partial charge in [-0.2, -0.15) is 4.31 Å². The van der Waals surface area contributed by atoms with Crippen molar-refractivity contribution in [2.45, 2.75) is 37.1 Å². The molecule has 2 amide bonds. The number of piperidine rings is 1. The summed E-state index contributed by atoms with van der Waals surface area (Å²) in [6.45, 7) is 3.90. The molecule has 1 unspecified atom stereocenters. The fraction of sp³-hybridized carbons (Fsp3) is 0.417. The second-order valence-corrected chi connectivity index (χ2v) is 10.5. The van der Waals surface area contributed by atoms with Gasteiger partial charge in [0, 0.05) is 44.3 Å². The van der Waals surface area contributed by atoms with E-state index >= 15 is 0 Å². The lowest BCUT2D eigenvalue weighted by Crippen LogP contribution is -2.50. The highest BCUT2D eigenvalue weighted by Gasteiger charge is 2.31. The lowest BCUT2D eigenvalue weighted by molar-refractivity contribution is 0.0533. The van der Waals surface area contributed by atoms with Crippen molar-refractivity contribution in [3.63, 3.8) is 0 Å². The maximum absolute atomic E-state index is 13.0. The molecule has 176 valence electrons. The Morgan fingerprint density at radius 2 is 1.45 bits per heavy atom. The maximum Gasteiger partial charge on any atom is 0.257 e. The van der Waals surface area contributed by atoms with Gasteiger partial charge in [0.1, 0.15) is 5.75 Å². The summed E-state index contributed by atoms with van der Waals surface area (Å²) in [5, 5.41) is 9.92. The molecule has 0 aromatic heterocycles. The Balaban J connectivity index is 1.39. The molecule has 0 spiro atoms. The zero-order valence-corrected chi connectivity index (χ0v) is 19.5. The molecule has 9 heteroatoms. The fourth-order valence-electron chi connectivity index (χ4n) is 4.45. The topological polar surface area (TPSA) is 98.2 Å². The summed E-state index contributed by atoms with van der Waals surface area (Å²) >= 11 is 0. The molecule has 2 aromatic carbocycles. The van der Waals surface area contributed by atoms with Crippen LogP contribution in [0, 0.1) is 0 Å². The third-order valence-electron chi connectivity index (χ3n) is 6.44. The Bertz CT molecular complexity index is 1130.